The molecule has 0 aromatic heterocycles. The van der Waals surface area contributed by atoms with Crippen LogP contribution in [0.15, 0.2) is 72.8 Å². The average molecular weight is 501 g/mol. The zero-order chi connectivity index (χ0) is 25.9. The molecular weight excluding hydrogens is 476 g/mol. The van der Waals surface area contributed by atoms with Crippen molar-refractivity contribution >= 4 is 23.9 Å². The van der Waals surface area contributed by atoms with Gasteiger partial charge in [-0.1, -0.05) is 65.7 Å². The number of imide groups is 1. The molecule has 0 bridgehead atoms. The molecule has 0 fully saturated rings. The number of alkyl carbamates (subject to hydrolysis) is 1. The number of fused-ring (bicyclic) bond motifs is 4. The van der Waals surface area contributed by atoms with Crippen molar-refractivity contribution in [1.82, 2.24) is 10.4 Å². The second kappa shape index (κ2) is 10.2. The third-order valence-electron chi connectivity index (χ3n) is 6.50. The summed E-state index contributed by atoms with van der Waals surface area (Å²) in [5.41, 5.74) is 4.79. The molecule has 0 saturated heterocycles. The Morgan fingerprint density at radius 1 is 0.838 bits per heavy atom. The van der Waals surface area contributed by atoms with Gasteiger partial charge >= 0.3 is 12.1 Å². The van der Waals surface area contributed by atoms with Crippen LogP contribution >= 0.6 is 0 Å². The molecule has 5 rings (SSSR count). The number of hydrogen-bond donors (Lipinski definition) is 1. The van der Waals surface area contributed by atoms with Crippen LogP contribution in [0, 0.1) is 0 Å². The number of hydroxylamine groups is 2. The number of nitrogens with zero attached hydrogens (tertiary/aromatic N) is 1. The Hall–Kier alpha value is -4.50. The van der Waals surface area contributed by atoms with Crippen LogP contribution < -0.4 is 5.32 Å². The number of amides is 3. The maximum atomic E-state index is 12.4. The van der Waals surface area contributed by atoms with Crippen molar-refractivity contribution in [3.63, 3.8) is 0 Å². The van der Waals surface area contributed by atoms with Crippen LogP contribution in [-0.2, 0) is 19.1 Å². The molecule has 0 saturated carbocycles. The SMILES string of the molecule is COC(CNC(=O)OCC1c2ccccc2-c2ccccc21)CC(=O)ON1C(=O)c2ccccc2C1=O. The first-order valence-electron chi connectivity index (χ1n) is 11.8. The van der Waals surface area contributed by atoms with E-state index >= 15 is 0 Å². The first-order chi connectivity index (χ1) is 18.0. The number of rotatable bonds is 8. The van der Waals surface area contributed by atoms with Gasteiger partial charge in [-0.2, -0.15) is 0 Å². The van der Waals surface area contributed by atoms with Gasteiger partial charge in [0.2, 0.25) is 0 Å². The van der Waals surface area contributed by atoms with Crippen molar-refractivity contribution in [3.8, 4) is 11.1 Å². The third kappa shape index (κ3) is 4.68. The van der Waals surface area contributed by atoms with E-state index in [0.29, 0.717) is 5.06 Å². The van der Waals surface area contributed by atoms with Gasteiger partial charge in [0.25, 0.3) is 11.8 Å². The van der Waals surface area contributed by atoms with E-state index in [2.05, 4.69) is 17.4 Å². The van der Waals surface area contributed by atoms with Crippen LogP contribution in [0.1, 0.15) is 44.2 Å². The zero-order valence-electron chi connectivity index (χ0n) is 20.0. The van der Waals surface area contributed by atoms with Gasteiger partial charge in [-0.15, -0.1) is 0 Å². The molecule has 3 aromatic rings. The van der Waals surface area contributed by atoms with E-state index in [4.69, 9.17) is 14.3 Å². The predicted octanol–water partition coefficient (Wildman–Crippen LogP) is 3.68. The summed E-state index contributed by atoms with van der Waals surface area (Å²) in [6.45, 7) is 0.115. The molecule has 0 radical (unpaired) electrons. The molecule has 3 aromatic carbocycles. The standard InChI is InChI=1S/C28H24N2O7/c1-35-17(14-25(31)37-30-26(32)22-12-6-7-13-23(22)27(30)33)15-29-28(34)36-16-24-20-10-4-2-8-18(20)19-9-3-5-11-21(19)24/h2-13,17,24H,14-16H2,1H3,(H,29,34). The van der Waals surface area contributed by atoms with E-state index in [-0.39, 0.29) is 36.6 Å². The van der Waals surface area contributed by atoms with E-state index in [1.165, 1.54) is 19.2 Å². The number of methoxy groups -OCH3 is 1. The molecule has 1 heterocycles. The fourth-order valence-corrected chi connectivity index (χ4v) is 4.66. The molecule has 37 heavy (non-hydrogen) atoms. The molecule has 9 nitrogen and oxygen atoms in total. The number of carbonyl (C=O) groups excluding carboxylic acids is 4. The quantitative estimate of drug-likeness (QED) is 0.470. The fourth-order valence-electron chi connectivity index (χ4n) is 4.66. The Bertz CT molecular complexity index is 1310. The van der Waals surface area contributed by atoms with Gasteiger partial charge in [-0.05, 0) is 34.4 Å². The van der Waals surface area contributed by atoms with E-state index in [1.807, 2.05) is 36.4 Å². The largest absolute Gasteiger partial charge is 0.449 e. The van der Waals surface area contributed by atoms with Crippen LogP contribution in [0.4, 0.5) is 4.79 Å². The molecule has 2 aliphatic rings. The number of ether oxygens (including phenoxy) is 2. The second-order valence-electron chi connectivity index (χ2n) is 8.68. The molecule has 1 aliphatic heterocycles. The topological polar surface area (TPSA) is 111 Å². The molecule has 0 spiro atoms. The second-order valence-corrected chi connectivity index (χ2v) is 8.68. The minimum Gasteiger partial charge on any atom is -0.449 e. The first kappa shape index (κ1) is 24.2. The van der Waals surface area contributed by atoms with Gasteiger partial charge in [0, 0.05) is 19.6 Å². The molecule has 1 N–H and O–H groups in total. The molecule has 1 aliphatic carbocycles. The summed E-state index contributed by atoms with van der Waals surface area (Å²) >= 11 is 0. The monoisotopic (exact) mass is 500 g/mol. The van der Waals surface area contributed by atoms with Crippen LogP contribution in [0.3, 0.4) is 0 Å². The van der Waals surface area contributed by atoms with Crippen molar-refractivity contribution < 1.29 is 33.5 Å². The molecule has 1 unspecified atom stereocenters. The highest BCUT2D eigenvalue weighted by molar-refractivity contribution is 6.20. The highest BCUT2D eigenvalue weighted by Gasteiger charge is 2.39. The molecule has 3 amide bonds. The van der Waals surface area contributed by atoms with Crippen molar-refractivity contribution in [3.05, 3.63) is 95.1 Å². The van der Waals surface area contributed by atoms with E-state index in [9.17, 15) is 19.2 Å². The summed E-state index contributed by atoms with van der Waals surface area (Å²) in [6.07, 6.45) is -1.71. The predicted molar refractivity (Wildman–Crippen MR) is 132 cm³/mol. The number of hydrogen-bond acceptors (Lipinski definition) is 7. The van der Waals surface area contributed by atoms with Gasteiger partial charge in [0.1, 0.15) is 6.61 Å². The van der Waals surface area contributed by atoms with Gasteiger partial charge in [-0.3, -0.25) is 9.59 Å². The number of carbonyl (C=O) groups is 4. The lowest BCUT2D eigenvalue weighted by molar-refractivity contribution is -0.171. The summed E-state index contributed by atoms with van der Waals surface area (Å²) in [7, 11) is 1.37. The van der Waals surface area contributed by atoms with Crippen molar-refractivity contribution in [2.45, 2.75) is 18.4 Å². The number of nitrogens with one attached hydrogen (secondary N) is 1. The van der Waals surface area contributed by atoms with Crippen molar-refractivity contribution in [2.75, 3.05) is 20.3 Å². The molecule has 9 heteroatoms. The third-order valence-corrected chi connectivity index (χ3v) is 6.50. The lowest BCUT2D eigenvalue weighted by Gasteiger charge is -2.18. The normalized spacial score (nSPS) is 14.6. The van der Waals surface area contributed by atoms with Gasteiger partial charge < -0.3 is 19.6 Å². The maximum absolute atomic E-state index is 12.4. The minimum absolute atomic E-state index is 0.0373. The molecule has 1 atom stereocenters. The Labute approximate surface area is 212 Å². The number of benzene rings is 3. The van der Waals surface area contributed by atoms with E-state index in [0.717, 1.165) is 22.3 Å². The first-order valence-corrected chi connectivity index (χ1v) is 11.8. The Morgan fingerprint density at radius 3 is 1.89 bits per heavy atom. The van der Waals surface area contributed by atoms with Gasteiger partial charge in [-0.25, -0.2) is 9.59 Å². The summed E-state index contributed by atoms with van der Waals surface area (Å²) in [6, 6.07) is 22.3. The van der Waals surface area contributed by atoms with Crippen molar-refractivity contribution in [2.24, 2.45) is 0 Å². The average Bonchev–Trinajstić information content (AvgIpc) is 3.37. The van der Waals surface area contributed by atoms with Crippen LogP contribution in [0.5, 0.6) is 0 Å². The maximum Gasteiger partial charge on any atom is 0.407 e. The Morgan fingerprint density at radius 2 is 1.35 bits per heavy atom. The van der Waals surface area contributed by atoms with Crippen LogP contribution in [-0.4, -0.2) is 55.3 Å². The smallest absolute Gasteiger partial charge is 0.407 e. The summed E-state index contributed by atoms with van der Waals surface area (Å²) in [4.78, 5) is 54.6. The van der Waals surface area contributed by atoms with E-state index in [1.54, 1.807) is 12.1 Å². The van der Waals surface area contributed by atoms with Crippen LogP contribution in [0.25, 0.3) is 11.1 Å². The summed E-state index contributed by atoms with van der Waals surface area (Å²) in [5, 5.41) is 3.04. The van der Waals surface area contributed by atoms with Crippen molar-refractivity contribution in [1.29, 1.82) is 0 Å². The zero-order valence-corrected chi connectivity index (χ0v) is 20.0. The Balaban J connectivity index is 1.12. The van der Waals surface area contributed by atoms with Crippen LogP contribution in [0.2, 0.25) is 0 Å². The summed E-state index contributed by atoms with van der Waals surface area (Å²) in [5.74, 6) is -2.35. The molecular formula is C28H24N2O7. The van der Waals surface area contributed by atoms with Gasteiger partial charge in [0.05, 0.1) is 23.7 Å². The molecule has 188 valence electrons. The van der Waals surface area contributed by atoms with Gasteiger partial charge in [0.15, 0.2) is 0 Å². The fraction of sp³-hybridized carbons (Fsp3) is 0.214. The Kier molecular flexibility index (Phi) is 6.70. The highest BCUT2D eigenvalue weighted by Crippen LogP contribution is 2.44. The highest BCUT2D eigenvalue weighted by atomic mass is 16.7. The lowest BCUT2D eigenvalue weighted by Crippen LogP contribution is -2.38. The minimum atomic E-state index is -0.851. The lowest BCUT2D eigenvalue weighted by atomic mass is 9.98. The summed E-state index contributed by atoms with van der Waals surface area (Å²) < 4.78 is 10.8. The van der Waals surface area contributed by atoms with E-state index < -0.39 is 30.0 Å².